The zero-order valence-electron chi connectivity index (χ0n) is 11.7. The molecule has 1 atom stereocenters. The van der Waals surface area contributed by atoms with E-state index in [1.807, 2.05) is 12.1 Å². The number of hydrogen-bond acceptors (Lipinski definition) is 5. The zero-order chi connectivity index (χ0) is 14.7. The van der Waals surface area contributed by atoms with E-state index in [4.69, 9.17) is 4.74 Å². The molecule has 0 aliphatic carbocycles. The highest BCUT2D eigenvalue weighted by atomic mass is 32.2. The first-order chi connectivity index (χ1) is 10.3. The highest BCUT2D eigenvalue weighted by Crippen LogP contribution is 2.37. The molecule has 0 saturated heterocycles. The van der Waals surface area contributed by atoms with Crippen LogP contribution in [0, 0.1) is 5.82 Å². The van der Waals surface area contributed by atoms with E-state index in [2.05, 4.69) is 15.3 Å². The van der Waals surface area contributed by atoms with Gasteiger partial charge in [0.15, 0.2) is 5.82 Å². The number of rotatable bonds is 4. The van der Waals surface area contributed by atoms with Gasteiger partial charge in [0.2, 0.25) is 0 Å². The normalized spacial score (nSPS) is 17.3. The summed E-state index contributed by atoms with van der Waals surface area (Å²) in [5, 5.41) is 3.38. The minimum absolute atomic E-state index is 0.0715. The SMILES string of the molecule is COCc1nccc(NC2CCSc3ccc(F)cc32)n1. The molecule has 0 spiro atoms. The van der Waals surface area contributed by atoms with Gasteiger partial charge in [0, 0.05) is 24.0 Å². The molecule has 1 aromatic heterocycles. The molecule has 0 bridgehead atoms. The van der Waals surface area contributed by atoms with Gasteiger partial charge in [-0.25, -0.2) is 14.4 Å². The molecule has 0 amide bonds. The first kappa shape index (κ1) is 14.3. The molecule has 1 N–H and O–H groups in total. The van der Waals surface area contributed by atoms with Crippen molar-refractivity contribution in [1.29, 1.82) is 0 Å². The number of nitrogens with zero attached hydrogens (tertiary/aromatic N) is 2. The van der Waals surface area contributed by atoms with Crippen molar-refractivity contribution in [2.75, 3.05) is 18.2 Å². The van der Waals surface area contributed by atoms with Crippen molar-refractivity contribution in [3.63, 3.8) is 0 Å². The lowest BCUT2D eigenvalue weighted by atomic mass is 10.0. The standard InChI is InChI=1S/C15H16FN3OS/c1-20-9-15-17-6-4-14(19-15)18-12-5-7-21-13-3-2-10(16)8-11(12)13/h2-4,6,8,12H,5,7,9H2,1H3,(H,17,18,19). The third kappa shape index (κ3) is 3.33. The number of anilines is 1. The van der Waals surface area contributed by atoms with E-state index in [1.165, 1.54) is 6.07 Å². The molecule has 2 aromatic rings. The number of nitrogens with one attached hydrogen (secondary N) is 1. The second kappa shape index (κ2) is 6.41. The molecule has 3 rings (SSSR count). The smallest absolute Gasteiger partial charge is 0.156 e. The van der Waals surface area contributed by atoms with Crippen LogP contribution in [0.15, 0.2) is 35.4 Å². The minimum Gasteiger partial charge on any atom is -0.377 e. The van der Waals surface area contributed by atoms with Gasteiger partial charge < -0.3 is 10.1 Å². The third-order valence-corrected chi connectivity index (χ3v) is 4.43. The van der Waals surface area contributed by atoms with E-state index >= 15 is 0 Å². The fourth-order valence-corrected chi connectivity index (χ4v) is 3.48. The quantitative estimate of drug-likeness (QED) is 0.938. The van der Waals surface area contributed by atoms with Crippen molar-refractivity contribution in [2.24, 2.45) is 0 Å². The predicted octanol–water partition coefficient (Wildman–Crippen LogP) is 3.41. The molecule has 1 aromatic carbocycles. The fraction of sp³-hybridized carbons (Fsp3) is 0.333. The number of halogens is 1. The Morgan fingerprint density at radius 2 is 2.33 bits per heavy atom. The Kier molecular flexibility index (Phi) is 4.36. The number of aromatic nitrogens is 2. The Labute approximate surface area is 127 Å². The van der Waals surface area contributed by atoms with E-state index in [0.29, 0.717) is 12.4 Å². The number of methoxy groups -OCH3 is 1. The summed E-state index contributed by atoms with van der Waals surface area (Å²) >= 11 is 1.76. The molecule has 6 heteroatoms. The van der Waals surface area contributed by atoms with Gasteiger partial charge in [-0.2, -0.15) is 0 Å². The highest BCUT2D eigenvalue weighted by Gasteiger charge is 2.21. The summed E-state index contributed by atoms with van der Waals surface area (Å²) in [5.41, 5.74) is 0.998. The zero-order valence-corrected chi connectivity index (χ0v) is 12.5. The Balaban J connectivity index is 1.83. The molecule has 1 unspecified atom stereocenters. The van der Waals surface area contributed by atoms with Crippen molar-refractivity contribution in [1.82, 2.24) is 9.97 Å². The summed E-state index contributed by atoms with van der Waals surface area (Å²) in [6.07, 6.45) is 2.64. The number of fused-ring (bicyclic) bond motifs is 1. The van der Waals surface area contributed by atoms with Crippen molar-refractivity contribution >= 4 is 17.6 Å². The van der Waals surface area contributed by atoms with Crippen LogP contribution in [0.25, 0.3) is 0 Å². The summed E-state index contributed by atoms with van der Waals surface area (Å²) in [6, 6.07) is 6.85. The fourth-order valence-electron chi connectivity index (χ4n) is 2.37. The molecule has 2 heterocycles. The molecule has 0 radical (unpaired) electrons. The predicted molar refractivity (Wildman–Crippen MR) is 80.8 cm³/mol. The summed E-state index contributed by atoms with van der Waals surface area (Å²) in [5.74, 6) is 2.17. The van der Waals surface area contributed by atoms with Crippen molar-refractivity contribution in [3.05, 3.63) is 47.7 Å². The molecule has 0 saturated carbocycles. The van der Waals surface area contributed by atoms with Crippen LogP contribution in [0.3, 0.4) is 0 Å². The first-order valence-electron chi connectivity index (χ1n) is 6.76. The maximum absolute atomic E-state index is 13.5. The highest BCUT2D eigenvalue weighted by molar-refractivity contribution is 7.99. The molecular formula is C15H16FN3OS. The Bertz CT molecular complexity index is 638. The lowest BCUT2D eigenvalue weighted by Gasteiger charge is -2.26. The van der Waals surface area contributed by atoms with Crippen molar-refractivity contribution in [3.8, 4) is 0 Å². The van der Waals surface area contributed by atoms with Gasteiger partial charge in [0.1, 0.15) is 18.2 Å². The molecule has 0 fully saturated rings. The molecule has 1 aliphatic heterocycles. The van der Waals surface area contributed by atoms with Crippen LogP contribution in [0.4, 0.5) is 10.2 Å². The van der Waals surface area contributed by atoms with Crippen LogP contribution in [0.5, 0.6) is 0 Å². The van der Waals surface area contributed by atoms with Crippen LogP contribution in [0.2, 0.25) is 0 Å². The van der Waals surface area contributed by atoms with Crippen molar-refractivity contribution < 1.29 is 9.13 Å². The van der Waals surface area contributed by atoms with Gasteiger partial charge in [-0.1, -0.05) is 0 Å². The molecule has 1 aliphatic rings. The monoisotopic (exact) mass is 305 g/mol. The van der Waals surface area contributed by atoms with Crippen LogP contribution >= 0.6 is 11.8 Å². The Morgan fingerprint density at radius 3 is 3.19 bits per heavy atom. The van der Waals surface area contributed by atoms with Gasteiger partial charge in [0.05, 0.1) is 6.04 Å². The van der Waals surface area contributed by atoms with Crippen LogP contribution in [-0.4, -0.2) is 22.8 Å². The first-order valence-corrected chi connectivity index (χ1v) is 7.74. The molecule has 21 heavy (non-hydrogen) atoms. The average Bonchev–Trinajstić information content (AvgIpc) is 2.49. The van der Waals surface area contributed by atoms with Crippen LogP contribution in [-0.2, 0) is 11.3 Å². The molecule has 110 valence electrons. The summed E-state index contributed by atoms with van der Waals surface area (Å²) in [4.78, 5) is 9.68. The lowest BCUT2D eigenvalue weighted by Crippen LogP contribution is -2.17. The van der Waals surface area contributed by atoms with Gasteiger partial charge in [0.25, 0.3) is 0 Å². The van der Waals surface area contributed by atoms with Gasteiger partial charge >= 0.3 is 0 Å². The van der Waals surface area contributed by atoms with E-state index < -0.39 is 0 Å². The Hall–Kier alpha value is -1.66. The number of benzene rings is 1. The van der Waals surface area contributed by atoms with Crippen LogP contribution < -0.4 is 5.32 Å². The molecule has 4 nitrogen and oxygen atoms in total. The van der Waals surface area contributed by atoms with E-state index in [0.717, 1.165) is 28.5 Å². The second-order valence-corrected chi connectivity index (χ2v) is 5.94. The minimum atomic E-state index is -0.203. The van der Waals surface area contributed by atoms with Gasteiger partial charge in [-0.05, 0) is 36.2 Å². The summed E-state index contributed by atoms with van der Waals surface area (Å²) in [7, 11) is 1.61. The Morgan fingerprint density at radius 1 is 1.43 bits per heavy atom. The topological polar surface area (TPSA) is 47.0 Å². The largest absolute Gasteiger partial charge is 0.377 e. The third-order valence-electron chi connectivity index (χ3n) is 3.31. The number of hydrogen-bond donors (Lipinski definition) is 1. The van der Waals surface area contributed by atoms with Crippen molar-refractivity contribution in [2.45, 2.75) is 24.0 Å². The summed E-state index contributed by atoms with van der Waals surface area (Å²) < 4.78 is 18.5. The van der Waals surface area contributed by atoms with E-state index in [1.54, 1.807) is 31.1 Å². The maximum Gasteiger partial charge on any atom is 0.156 e. The van der Waals surface area contributed by atoms with Crippen LogP contribution in [0.1, 0.15) is 23.9 Å². The molecular weight excluding hydrogens is 289 g/mol. The maximum atomic E-state index is 13.5. The van der Waals surface area contributed by atoms with E-state index in [-0.39, 0.29) is 11.9 Å². The van der Waals surface area contributed by atoms with E-state index in [9.17, 15) is 4.39 Å². The average molecular weight is 305 g/mol. The number of thioether (sulfide) groups is 1. The van der Waals surface area contributed by atoms with Gasteiger partial charge in [-0.3, -0.25) is 0 Å². The van der Waals surface area contributed by atoms with Gasteiger partial charge in [-0.15, -0.1) is 11.8 Å². The second-order valence-electron chi connectivity index (χ2n) is 4.81. The summed E-state index contributed by atoms with van der Waals surface area (Å²) in [6.45, 7) is 0.376. The number of ether oxygens (including phenoxy) is 1. The lowest BCUT2D eigenvalue weighted by molar-refractivity contribution is 0.178.